The third kappa shape index (κ3) is 6.54. The van der Waals surface area contributed by atoms with Gasteiger partial charge in [0, 0.05) is 46.7 Å². The van der Waals surface area contributed by atoms with E-state index in [0.29, 0.717) is 5.92 Å². The summed E-state index contributed by atoms with van der Waals surface area (Å²) in [6.07, 6.45) is 2.47. The Hall–Kier alpha value is -0.410. The van der Waals surface area contributed by atoms with E-state index in [1.54, 1.807) is 11.3 Å². The Bertz CT molecular complexity index is 482. The molecule has 2 rings (SSSR count). The molecule has 0 aromatic carbocycles. The van der Waals surface area contributed by atoms with E-state index in [1.165, 1.54) is 23.5 Å². The van der Waals surface area contributed by atoms with Gasteiger partial charge in [-0.15, -0.1) is 35.3 Å². The minimum atomic E-state index is 0. The van der Waals surface area contributed by atoms with Gasteiger partial charge in [-0.3, -0.25) is 9.89 Å². The fourth-order valence-corrected chi connectivity index (χ4v) is 3.53. The summed E-state index contributed by atoms with van der Waals surface area (Å²) >= 11 is 1.75. The summed E-state index contributed by atoms with van der Waals surface area (Å²) in [6.45, 7) is 6.34. The van der Waals surface area contributed by atoms with E-state index in [1.807, 2.05) is 0 Å². The van der Waals surface area contributed by atoms with Crippen molar-refractivity contribution in [2.75, 3.05) is 47.8 Å². The Morgan fingerprint density at radius 1 is 1.26 bits per heavy atom. The summed E-state index contributed by atoms with van der Waals surface area (Å²) in [7, 11) is 8.21. The number of aromatic nitrogens is 1. The zero-order valence-corrected chi connectivity index (χ0v) is 18.1. The van der Waals surface area contributed by atoms with Gasteiger partial charge in [0.05, 0.1) is 10.7 Å². The molecule has 0 bridgehead atoms. The van der Waals surface area contributed by atoms with Crippen molar-refractivity contribution in [1.29, 1.82) is 0 Å². The van der Waals surface area contributed by atoms with Crippen LogP contribution in [-0.2, 0) is 6.54 Å². The van der Waals surface area contributed by atoms with Gasteiger partial charge in [-0.1, -0.05) is 0 Å². The third-order valence-corrected chi connectivity index (χ3v) is 4.87. The van der Waals surface area contributed by atoms with Crippen molar-refractivity contribution in [3.8, 4) is 0 Å². The third-order valence-electron chi connectivity index (χ3n) is 4.05. The number of likely N-dealkylation sites (tertiary alicyclic amines) is 1. The summed E-state index contributed by atoms with van der Waals surface area (Å²) in [6, 6.07) is 0. The van der Waals surface area contributed by atoms with Crippen LogP contribution in [-0.4, -0.2) is 73.5 Å². The van der Waals surface area contributed by atoms with Gasteiger partial charge in [0.1, 0.15) is 0 Å². The molecule has 1 fully saturated rings. The van der Waals surface area contributed by atoms with Gasteiger partial charge in [-0.25, -0.2) is 4.98 Å². The molecule has 5 nitrogen and oxygen atoms in total. The van der Waals surface area contributed by atoms with Crippen LogP contribution in [0.2, 0.25) is 0 Å². The van der Waals surface area contributed by atoms with Gasteiger partial charge < -0.3 is 9.80 Å². The number of guanidine groups is 1. The topological polar surface area (TPSA) is 35.0 Å². The fraction of sp³-hybridized carbons (Fsp3) is 0.750. The van der Waals surface area contributed by atoms with Crippen molar-refractivity contribution in [2.24, 2.45) is 10.9 Å². The first-order chi connectivity index (χ1) is 10.5. The van der Waals surface area contributed by atoms with Crippen LogP contribution in [0.5, 0.6) is 0 Å². The van der Waals surface area contributed by atoms with Crippen molar-refractivity contribution >= 4 is 41.3 Å². The lowest BCUT2D eigenvalue weighted by molar-refractivity contribution is 0.179. The summed E-state index contributed by atoms with van der Waals surface area (Å²) in [5.41, 5.74) is 1.22. The number of rotatable bonds is 4. The lowest BCUT2D eigenvalue weighted by atomic mass is 9.97. The van der Waals surface area contributed by atoms with Crippen molar-refractivity contribution in [3.05, 3.63) is 16.1 Å². The first kappa shape index (κ1) is 20.6. The van der Waals surface area contributed by atoms with Gasteiger partial charge in [0.15, 0.2) is 5.96 Å². The van der Waals surface area contributed by atoms with Crippen LogP contribution in [0.15, 0.2) is 10.4 Å². The van der Waals surface area contributed by atoms with E-state index in [2.05, 4.69) is 60.2 Å². The highest BCUT2D eigenvalue weighted by Crippen LogP contribution is 2.20. The van der Waals surface area contributed by atoms with Crippen molar-refractivity contribution in [1.82, 2.24) is 19.7 Å². The Morgan fingerprint density at radius 3 is 2.35 bits per heavy atom. The molecule has 0 N–H and O–H groups in total. The maximum atomic E-state index is 4.80. The lowest BCUT2D eigenvalue weighted by Crippen LogP contribution is -2.37. The second-order valence-corrected chi connectivity index (χ2v) is 7.57. The quantitative estimate of drug-likeness (QED) is 0.401. The number of aliphatic imine (C=N–C) groups is 1. The highest BCUT2D eigenvalue weighted by molar-refractivity contribution is 14.0. The van der Waals surface area contributed by atoms with E-state index in [-0.39, 0.29) is 24.0 Å². The summed E-state index contributed by atoms with van der Waals surface area (Å²) in [5, 5.41) is 3.35. The largest absolute Gasteiger partial charge is 0.349 e. The molecule has 2 heterocycles. The maximum absolute atomic E-state index is 4.80. The van der Waals surface area contributed by atoms with Crippen LogP contribution in [0.4, 0.5) is 0 Å². The Balaban J connectivity index is 0.00000264. The molecule has 0 spiro atoms. The van der Waals surface area contributed by atoms with E-state index >= 15 is 0 Å². The Kier molecular flexibility index (Phi) is 8.78. The molecule has 1 aliphatic rings. The number of hydrogen-bond acceptors (Lipinski definition) is 4. The molecular formula is C16H30IN5S. The van der Waals surface area contributed by atoms with E-state index in [4.69, 9.17) is 4.99 Å². The molecule has 1 aromatic heterocycles. The van der Waals surface area contributed by atoms with Gasteiger partial charge in [-0.2, -0.15) is 0 Å². The second kappa shape index (κ2) is 9.78. The minimum absolute atomic E-state index is 0. The van der Waals surface area contributed by atoms with Crippen LogP contribution in [0, 0.1) is 12.8 Å². The predicted octanol–water partition coefficient (Wildman–Crippen LogP) is 2.76. The molecule has 1 aliphatic heterocycles. The minimum Gasteiger partial charge on any atom is -0.349 e. The van der Waals surface area contributed by atoms with Gasteiger partial charge >= 0.3 is 0 Å². The van der Waals surface area contributed by atoms with E-state index in [9.17, 15) is 0 Å². The molecule has 1 saturated heterocycles. The molecule has 0 atom stereocenters. The van der Waals surface area contributed by atoms with Crippen molar-refractivity contribution in [3.63, 3.8) is 0 Å². The predicted molar refractivity (Wildman–Crippen MR) is 110 cm³/mol. The van der Waals surface area contributed by atoms with Crippen LogP contribution in [0.25, 0.3) is 0 Å². The average Bonchev–Trinajstić information content (AvgIpc) is 2.85. The zero-order valence-electron chi connectivity index (χ0n) is 14.9. The first-order valence-electron chi connectivity index (χ1n) is 7.98. The normalized spacial score (nSPS) is 15.9. The van der Waals surface area contributed by atoms with Crippen LogP contribution in [0.1, 0.15) is 23.5 Å². The number of aryl methyl sites for hydroxylation is 1. The second-order valence-electron chi connectivity index (χ2n) is 6.51. The van der Waals surface area contributed by atoms with E-state index < -0.39 is 0 Å². The fourth-order valence-electron chi connectivity index (χ4n) is 2.93. The molecule has 0 amide bonds. The molecule has 7 heteroatoms. The van der Waals surface area contributed by atoms with Crippen molar-refractivity contribution in [2.45, 2.75) is 26.3 Å². The highest BCUT2D eigenvalue weighted by Gasteiger charge is 2.20. The van der Waals surface area contributed by atoms with Crippen LogP contribution >= 0.6 is 35.3 Å². The molecular weight excluding hydrogens is 421 g/mol. The van der Waals surface area contributed by atoms with Gasteiger partial charge in [0.2, 0.25) is 0 Å². The molecule has 23 heavy (non-hydrogen) atoms. The molecule has 0 radical (unpaired) electrons. The monoisotopic (exact) mass is 451 g/mol. The van der Waals surface area contributed by atoms with Crippen LogP contribution < -0.4 is 0 Å². The zero-order chi connectivity index (χ0) is 16.1. The number of thiazole rings is 1. The van der Waals surface area contributed by atoms with Gasteiger partial charge in [0.25, 0.3) is 0 Å². The van der Waals surface area contributed by atoms with E-state index in [0.717, 1.165) is 32.1 Å². The Labute approximate surface area is 161 Å². The smallest absolute Gasteiger partial charge is 0.195 e. The summed E-state index contributed by atoms with van der Waals surface area (Å²) < 4.78 is 0. The number of hydrogen-bond donors (Lipinski definition) is 0. The Morgan fingerprint density at radius 2 is 1.87 bits per heavy atom. The van der Waals surface area contributed by atoms with Crippen LogP contribution in [0.3, 0.4) is 0 Å². The first-order valence-corrected chi connectivity index (χ1v) is 8.86. The summed E-state index contributed by atoms with van der Waals surface area (Å²) in [5.74, 6) is 1.77. The number of nitrogens with zero attached hydrogens (tertiary/aromatic N) is 5. The lowest BCUT2D eigenvalue weighted by Gasteiger charge is -2.31. The van der Waals surface area contributed by atoms with Gasteiger partial charge in [-0.05, 0) is 38.8 Å². The molecule has 132 valence electrons. The maximum Gasteiger partial charge on any atom is 0.195 e. The molecule has 0 saturated carbocycles. The number of piperidine rings is 1. The SMILES string of the molecule is Cc1nc(CN2CCC(CN=C(N(C)C)N(C)C)CC2)cs1.I. The summed E-state index contributed by atoms with van der Waals surface area (Å²) in [4.78, 5) is 16.1. The standard InChI is InChI=1S/C16H29N5S.HI/c1-13-18-15(12-22-13)11-21-8-6-14(7-9-21)10-17-16(19(2)3)20(4)5;/h12,14H,6-11H2,1-5H3;1H. The highest BCUT2D eigenvalue weighted by atomic mass is 127. The average molecular weight is 451 g/mol. The molecule has 0 unspecified atom stereocenters. The molecule has 0 aliphatic carbocycles. The van der Waals surface area contributed by atoms with Crippen molar-refractivity contribution < 1.29 is 0 Å². The molecule has 1 aromatic rings. The number of halogens is 1.